The first-order chi connectivity index (χ1) is 9.02. The molecule has 0 bridgehead atoms. The number of hydrogen-bond acceptors (Lipinski definition) is 4. The third-order valence-electron chi connectivity index (χ3n) is 3.65. The summed E-state index contributed by atoms with van der Waals surface area (Å²) in [6, 6.07) is 4.13. The summed E-state index contributed by atoms with van der Waals surface area (Å²) in [5.74, 6) is -0.740. The zero-order chi connectivity index (χ0) is 14.0. The van der Waals surface area contributed by atoms with Crippen molar-refractivity contribution in [1.29, 1.82) is 0 Å². The van der Waals surface area contributed by atoms with Crippen LogP contribution in [-0.2, 0) is 0 Å². The fourth-order valence-corrected chi connectivity index (χ4v) is 2.65. The Kier molecular flexibility index (Phi) is 3.95. The van der Waals surface area contributed by atoms with Crippen LogP contribution in [0.15, 0.2) is 18.2 Å². The maximum absolute atomic E-state index is 12.5. The molecule has 19 heavy (non-hydrogen) atoms. The van der Waals surface area contributed by atoms with Gasteiger partial charge in [0.1, 0.15) is 17.1 Å². The van der Waals surface area contributed by atoms with E-state index in [1.54, 1.807) is 4.90 Å². The molecule has 1 fully saturated rings. The van der Waals surface area contributed by atoms with Crippen LogP contribution in [0.25, 0.3) is 0 Å². The molecular weight excluding hydrogens is 244 g/mol. The van der Waals surface area contributed by atoms with Crippen molar-refractivity contribution in [3.8, 4) is 11.5 Å². The lowest BCUT2D eigenvalue weighted by Crippen LogP contribution is -2.51. The number of benzene rings is 1. The zero-order valence-electron chi connectivity index (χ0n) is 11.0. The van der Waals surface area contributed by atoms with Crippen molar-refractivity contribution in [3.63, 3.8) is 0 Å². The van der Waals surface area contributed by atoms with Gasteiger partial charge in [0.25, 0.3) is 5.91 Å². The van der Waals surface area contributed by atoms with Crippen LogP contribution in [0.1, 0.15) is 36.5 Å². The van der Waals surface area contributed by atoms with Gasteiger partial charge in [-0.25, -0.2) is 0 Å². The molecule has 1 aromatic rings. The molecule has 2 atom stereocenters. The van der Waals surface area contributed by atoms with Crippen molar-refractivity contribution < 1.29 is 15.0 Å². The minimum Gasteiger partial charge on any atom is -0.507 e. The van der Waals surface area contributed by atoms with Gasteiger partial charge in [-0.15, -0.1) is 0 Å². The van der Waals surface area contributed by atoms with Crippen LogP contribution in [0.2, 0.25) is 0 Å². The van der Waals surface area contributed by atoms with E-state index in [2.05, 4.69) is 0 Å². The van der Waals surface area contributed by atoms with Crippen LogP contribution in [0.5, 0.6) is 11.5 Å². The molecule has 1 amide bonds. The van der Waals surface area contributed by atoms with Crippen molar-refractivity contribution in [1.82, 2.24) is 4.90 Å². The Labute approximate surface area is 112 Å². The fourth-order valence-electron chi connectivity index (χ4n) is 2.65. The lowest BCUT2D eigenvalue weighted by Gasteiger charge is -2.38. The highest BCUT2D eigenvalue weighted by molar-refractivity contribution is 5.99. The van der Waals surface area contributed by atoms with Crippen molar-refractivity contribution in [2.45, 2.75) is 38.3 Å². The summed E-state index contributed by atoms with van der Waals surface area (Å²) in [5, 5.41) is 19.6. The second-order valence-corrected chi connectivity index (χ2v) is 5.09. The van der Waals surface area contributed by atoms with Gasteiger partial charge in [-0.05, 0) is 38.3 Å². The van der Waals surface area contributed by atoms with E-state index in [4.69, 9.17) is 5.73 Å². The molecule has 5 nitrogen and oxygen atoms in total. The number of carbonyl (C=O) groups is 1. The fraction of sp³-hybridized carbons (Fsp3) is 0.500. The van der Waals surface area contributed by atoms with E-state index in [0.717, 1.165) is 19.3 Å². The molecule has 1 aliphatic heterocycles. The molecule has 1 aliphatic rings. The molecule has 0 radical (unpaired) electrons. The summed E-state index contributed by atoms with van der Waals surface area (Å²) in [4.78, 5) is 14.2. The lowest BCUT2D eigenvalue weighted by atomic mass is 9.95. The van der Waals surface area contributed by atoms with Crippen molar-refractivity contribution in [2.24, 2.45) is 5.73 Å². The van der Waals surface area contributed by atoms with Gasteiger partial charge in [0.05, 0.1) is 0 Å². The van der Waals surface area contributed by atoms with Gasteiger partial charge in [0, 0.05) is 18.6 Å². The minimum atomic E-state index is -0.349. The van der Waals surface area contributed by atoms with Gasteiger partial charge in [0.2, 0.25) is 0 Å². The molecule has 1 aromatic carbocycles. The summed E-state index contributed by atoms with van der Waals surface area (Å²) in [7, 11) is 0. The van der Waals surface area contributed by atoms with Crippen LogP contribution in [0, 0.1) is 0 Å². The Balaban J connectivity index is 2.32. The first kappa shape index (κ1) is 13.7. The van der Waals surface area contributed by atoms with Gasteiger partial charge in [-0.1, -0.05) is 6.07 Å². The van der Waals surface area contributed by atoms with Gasteiger partial charge in [0.15, 0.2) is 0 Å². The highest BCUT2D eigenvalue weighted by Gasteiger charge is 2.32. The van der Waals surface area contributed by atoms with Crippen LogP contribution in [0.4, 0.5) is 0 Å². The number of phenols is 2. The molecule has 1 heterocycles. The van der Waals surface area contributed by atoms with Gasteiger partial charge in [-0.3, -0.25) is 4.79 Å². The maximum atomic E-state index is 12.5. The lowest BCUT2D eigenvalue weighted by molar-refractivity contribution is 0.0577. The number of phenolic OH excluding ortho intramolecular Hbond substituents is 2. The van der Waals surface area contributed by atoms with E-state index in [1.807, 2.05) is 6.92 Å². The number of nitrogens with zero attached hydrogens (tertiary/aromatic N) is 1. The van der Waals surface area contributed by atoms with Crippen molar-refractivity contribution in [3.05, 3.63) is 23.8 Å². The predicted octanol–water partition coefficient (Wildman–Crippen LogP) is 1.44. The number of amides is 1. The quantitative estimate of drug-likeness (QED) is 0.754. The summed E-state index contributed by atoms with van der Waals surface area (Å²) < 4.78 is 0. The average molecular weight is 264 g/mol. The largest absolute Gasteiger partial charge is 0.507 e. The number of carbonyl (C=O) groups excluding carboxylic acids is 1. The first-order valence-electron chi connectivity index (χ1n) is 6.60. The van der Waals surface area contributed by atoms with Crippen LogP contribution < -0.4 is 5.73 Å². The number of hydrogen-bond donors (Lipinski definition) is 3. The monoisotopic (exact) mass is 264 g/mol. The van der Waals surface area contributed by atoms with Crippen LogP contribution >= 0.6 is 0 Å². The molecule has 0 saturated carbocycles. The molecule has 2 rings (SSSR count). The van der Waals surface area contributed by atoms with Gasteiger partial charge < -0.3 is 20.8 Å². The Bertz CT molecular complexity index is 454. The molecule has 1 saturated heterocycles. The van der Waals surface area contributed by atoms with Crippen LogP contribution in [-0.4, -0.2) is 39.6 Å². The second kappa shape index (κ2) is 5.48. The highest BCUT2D eigenvalue weighted by atomic mass is 16.3. The molecule has 0 spiro atoms. The SMILES string of the molecule is CC(N)C1CCCCN1C(=O)c1c(O)cccc1O. The Morgan fingerprint density at radius 2 is 2.00 bits per heavy atom. The normalized spacial score (nSPS) is 21.2. The zero-order valence-corrected chi connectivity index (χ0v) is 11.0. The summed E-state index contributed by atoms with van der Waals surface area (Å²) in [6.45, 7) is 2.49. The molecular formula is C14H20N2O3. The molecule has 0 aliphatic carbocycles. The molecule has 104 valence electrons. The van der Waals surface area contributed by atoms with Crippen molar-refractivity contribution >= 4 is 5.91 Å². The van der Waals surface area contributed by atoms with E-state index in [9.17, 15) is 15.0 Å². The van der Waals surface area contributed by atoms with Gasteiger partial charge >= 0.3 is 0 Å². The molecule has 2 unspecified atom stereocenters. The highest BCUT2D eigenvalue weighted by Crippen LogP contribution is 2.30. The molecule has 0 aromatic heterocycles. The van der Waals surface area contributed by atoms with E-state index in [0.29, 0.717) is 6.54 Å². The van der Waals surface area contributed by atoms with E-state index in [1.165, 1.54) is 18.2 Å². The standard InChI is InChI=1S/C14H20N2O3/c1-9(15)10-5-2-3-8-16(10)14(19)13-11(17)6-4-7-12(13)18/h4,6-7,9-10,17-18H,2-3,5,8,15H2,1H3. The number of likely N-dealkylation sites (tertiary alicyclic amines) is 1. The van der Waals surface area contributed by atoms with E-state index >= 15 is 0 Å². The Morgan fingerprint density at radius 1 is 1.37 bits per heavy atom. The topological polar surface area (TPSA) is 86.8 Å². The third kappa shape index (κ3) is 2.66. The Hall–Kier alpha value is -1.75. The predicted molar refractivity (Wildman–Crippen MR) is 72.1 cm³/mol. The number of nitrogens with two attached hydrogens (primary N) is 1. The second-order valence-electron chi connectivity index (χ2n) is 5.09. The third-order valence-corrected chi connectivity index (χ3v) is 3.65. The molecule has 4 N–H and O–H groups in total. The summed E-state index contributed by atoms with van der Waals surface area (Å²) >= 11 is 0. The van der Waals surface area contributed by atoms with E-state index < -0.39 is 0 Å². The molecule has 5 heteroatoms. The first-order valence-corrected chi connectivity index (χ1v) is 6.60. The van der Waals surface area contributed by atoms with Crippen LogP contribution in [0.3, 0.4) is 0 Å². The maximum Gasteiger partial charge on any atom is 0.261 e. The average Bonchev–Trinajstić information content (AvgIpc) is 2.38. The number of rotatable bonds is 2. The summed E-state index contributed by atoms with van der Waals surface area (Å²) in [6.07, 6.45) is 2.82. The van der Waals surface area contributed by atoms with Crippen molar-refractivity contribution in [2.75, 3.05) is 6.54 Å². The Morgan fingerprint density at radius 3 is 2.58 bits per heavy atom. The minimum absolute atomic E-state index is 0.0324. The smallest absolute Gasteiger partial charge is 0.261 e. The number of piperidine rings is 1. The summed E-state index contributed by atoms with van der Waals surface area (Å²) in [5.41, 5.74) is 5.90. The number of aromatic hydroxyl groups is 2. The van der Waals surface area contributed by atoms with Gasteiger partial charge in [-0.2, -0.15) is 0 Å². The van der Waals surface area contributed by atoms with E-state index in [-0.39, 0.29) is 35.1 Å².